The Bertz CT molecular complexity index is 825. The van der Waals surface area contributed by atoms with E-state index in [0.29, 0.717) is 12.2 Å². The molecule has 0 atom stereocenters. The van der Waals surface area contributed by atoms with Crippen molar-refractivity contribution in [1.82, 2.24) is 0 Å². The number of quaternary nitrogens is 1. The van der Waals surface area contributed by atoms with E-state index in [0.717, 1.165) is 26.2 Å². The lowest BCUT2D eigenvalue weighted by Crippen LogP contribution is -3.15. The highest BCUT2D eigenvalue weighted by Gasteiger charge is 2.23. The first-order valence-corrected chi connectivity index (χ1v) is 9.20. The maximum Gasteiger partial charge on any atom is 0.279 e. The zero-order chi connectivity index (χ0) is 19.4. The molecule has 1 heterocycles. The molecule has 27 heavy (non-hydrogen) atoms. The molecule has 3 rings (SSSR count). The summed E-state index contributed by atoms with van der Waals surface area (Å²) < 4.78 is 0. The van der Waals surface area contributed by atoms with Crippen LogP contribution in [-0.2, 0) is 4.79 Å². The van der Waals surface area contributed by atoms with Crippen LogP contribution in [0, 0.1) is 13.8 Å². The number of rotatable bonds is 5. The standard InChI is InChI=1S/C21H25N3O3/c1-15-4-3-5-19(16(15)2)24-12-10-23(11-13-24)14-20(25)22-18-8-6-17(7-9-18)21(26)27/h3-9H,10-14H2,1-2H3,(H,22,25)(H,26,27). The lowest BCUT2D eigenvalue weighted by molar-refractivity contribution is -0.892. The first-order valence-electron chi connectivity index (χ1n) is 9.20. The lowest BCUT2D eigenvalue weighted by Gasteiger charge is -2.34. The molecule has 0 aliphatic carbocycles. The van der Waals surface area contributed by atoms with E-state index in [-0.39, 0.29) is 11.5 Å². The van der Waals surface area contributed by atoms with E-state index < -0.39 is 5.97 Å². The summed E-state index contributed by atoms with van der Waals surface area (Å²) in [6.07, 6.45) is 0. The molecule has 2 N–H and O–H groups in total. The van der Waals surface area contributed by atoms with Crippen LogP contribution in [0.5, 0.6) is 0 Å². The van der Waals surface area contributed by atoms with Crippen LogP contribution < -0.4 is 20.2 Å². The Labute approximate surface area is 159 Å². The molecule has 0 unspecified atom stereocenters. The second kappa shape index (κ2) is 8.22. The van der Waals surface area contributed by atoms with Crippen LogP contribution in [0.3, 0.4) is 0 Å². The molecule has 1 aliphatic heterocycles. The van der Waals surface area contributed by atoms with Crippen molar-refractivity contribution in [2.75, 3.05) is 42.9 Å². The Kier molecular flexibility index (Phi) is 5.76. The summed E-state index contributed by atoms with van der Waals surface area (Å²) in [5, 5.41) is 13.6. The summed E-state index contributed by atoms with van der Waals surface area (Å²) in [5.74, 6) is -1.29. The fourth-order valence-electron chi connectivity index (χ4n) is 3.44. The largest absolute Gasteiger partial charge is 0.545 e. The summed E-state index contributed by atoms with van der Waals surface area (Å²) in [6, 6.07) is 12.4. The molecule has 6 nitrogen and oxygen atoms in total. The number of hydrogen-bond acceptors (Lipinski definition) is 4. The summed E-state index contributed by atoms with van der Waals surface area (Å²) in [7, 11) is 0. The number of nitrogens with zero attached hydrogens (tertiary/aromatic N) is 1. The van der Waals surface area contributed by atoms with Crippen LogP contribution in [-0.4, -0.2) is 44.6 Å². The van der Waals surface area contributed by atoms with Crippen molar-refractivity contribution in [2.24, 2.45) is 0 Å². The van der Waals surface area contributed by atoms with Crippen LogP contribution >= 0.6 is 0 Å². The highest BCUT2D eigenvalue weighted by Crippen LogP contribution is 2.22. The number of carboxylic acids is 1. The van der Waals surface area contributed by atoms with Gasteiger partial charge in [0.25, 0.3) is 5.91 Å². The third-order valence-corrected chi connectivity index (χ3v) is 5.20. The van der Waals surface area contributed by atoms with Gasteiger partial charge < -0.3 is 25.0 Å². The summed E-state index contributed by atoms with van der Waals surface area (Å²) in [6.45, 7) is 8.35. The van der Waals surface area contributed by atoms with Crippen LogP contribution in [0.4, 0.5) is 11.4 Å². The molecule has 1 aliphatic rings. The van der Waals surface area contributed by atoms with E-state index in [9.17, 15) is 14.7 Å². The van der Waals surface area contributed by atoms with Gasteiger partial charge in [-0.3, -0.25) is 4.79 Å². The summed E-state index contributed by atoms with van der Waals surface area (Å²) >= 11 is 0. The number of hydrogen-bond donors (Lipinski definition) is 2. The van der Waals surface area contributed by atoms with E-state index in [4.69, 9.17) is 0 Å². The highest BCUT2D eigenvalue weighted by atomic mass is 16.4. The second-order valence-electron chi connectivity index (χ2n) is 7.05. The van der Waals surface area contributed by atoms with Crippen LogP contribution in [0.1, 0.15) is 21.5 Å². The van der Waals surface area contributed by atoms with E-state index in [2.05, 4.69) is 42.3 Å². The Balaban J connectivity index is 1.50. The molecule has 1 fully saturated rings. The van der Waals surface area contributed by atoms with Gasteiger partial charge >= 0.3 is 0 Å². The Morgan fingerprint density at radius 1 is 1.07 bits per heavy atom. The van der Waals surface area contributed by atoms with E-state index in [1.54, 1.807) is 12.1 Å². The van der Waals surface area contributed by atoms with Crippen molar-refractivity contribution in [1.29, 1.82) is 0 Å². The minimum Gasteiger partial charge on any atom is -0.545 e. The average molecular weight is 367 g/mol. The zero-order valence-corrected chi connectivity index (χ0v) is 15.7. The van der Waals surface area contributed by atoms with Gasteiger partial charge in [-0.05, 0) is 48.7 Å². The topological polar surface area (TPSA) is 76.9 Å². The van der Waals surface area contributed by atoms with Gasteiger partial charge in [0.05, 0.1) is 32.1 Å². The Morgan fingerprint density at radius 2 is 1.74 bits per heavy atom. The first kappa shape index (κ1) is 18.9. The maximum atomic E-state index is 12.3. The third-order valence-electron chi connectivity index (χ3n) is 5.20. The minimum atomic E-state index is -1.22. The van der Waals surface area contributed by atoms with Crippen LogP contribution in [0.15, 0.2) is 42.5 Å². The number of amides is 1. The monoisotopic (exact) mass is 367 g/mol. The molecule has 0 bridgehead atoms. The predicted octanol–water partition coefficient (Wildman–Crippen LogP) is 0.0105. The maximum absolute atomic E-state index is 12.3. The quantitative estimate of drug-likeness (QED) is 0.781. The van der Waals surface area contributed by atoms with Gasteiger partial charge in [-0.1, -0.05) is 24.3 Å². The fourth-order valence-corrected chi connectivity index (χ4v) is 3.44. The molecule has 0 saturated carbocycles. The fraction of sp³-hybridized carbons (Fsp3) is 0.333. The molecule has 2 aromatic carbocycles. The number of carbonyl (C=O) groups is 2. The van der Waals surface area contributed by atoms with Crippen molar-refractivity contribution in [3.8, 4) is 0 Å². The number of carboxylic acid groups (broad SMARTS) is 1. The number of anilines is 2. The van der Waals surface area contributed by atoms with Crippen molar-refractivity contribution >= 4 is 23.3 Å². The number of piperazine rings is 1. The molecule has 6 heteroatoms. The molecular formula is C21H25N3O3. The molecule has 1 amide bonds. The lowest BCUT2D eigenvalue weighted by atomic mass is 10.1. The second-order valence-corrected chi connectivity index (χ2v) is 7.05. The number of carbonyl (C=O) groups excluding carboxylic acids is 2. The van der Waals surface area contributed by atoms with Gasteiger partial charge in [0.15, 0.2) is 6.54 Å². The van der Waals surface area contributed by atoms with Crippen molar-refractivity contribution in [3.63, 3.8) is 0 Å². The molecule has 2 aromatic rings. The third kappa shape index (κ3) is 4.65. The van der Waals surface area contributed by atoms with E-state index in [1.165, 1.54) is 33.8 Å². The summed E-state index contributed by atoms with van der Waals surface area (Å²) in [4.78, 5) is 26.7. The normalized spacial score (nSPS) is 14.8. The van der Waals surface area contributed by atoms with Crippen molar-refractivity contribution in [2.45, 2.75) is 13.8 Å². The molecule has 0 radical (unpaired) electrons. The molecular weight excluding hydrogens is 342 g/mol. The minimum absolute atomic E-state index is 0.0635. The Morgan fingerprint density at radius 3 is 2.37 bits per heavy atom. The van der Waals surface area contributed by atoms with E-state index in [1.807, 2.05) is 0 Å². The van der Waals surface area contributed by atoms with Crippen LogP contribution in [0.25, 0.3) is 0 Å². The van der Waals surface area contributed by atoms with Gasteiger partial charge in [0.1, 0.15) is 0 Å². The number of aryl methyl sites for hydroxylation is 1. The van der Waals surface area contributed by atoms with Gasteiger partial charge in [-0.15, -0.1) is 0 Å². The van der Waals surface area contributed by atoms with Gasteiger partial charge in [0.2, 0.25) is 0 Å². The van der Waals surface area contributed by atoms with E-state index >= 15 is 0 Å². The predicted molar refractivity (Wildman–Crippen MR) is 103 cm³/mol. The first-order chi connectivity index (χ1) is 12.9. The highest BCUT2D eigenvalue weighted by molar-refractivity contribution is 5.92. The summed E-state index contributed by atoms with van der Waals surface area (Å²) in [5.41, 5.74) is 4.59. The SMILES string of the molecule is Cc1cccc(N2CC[NH+](CC(=O)Nc3ccc(C(=O)[O-])cc3)CC2)c1C. The van der Waals surface area contributed by atoms with Gasteiger partial charge in [0, 0.05) is 11.4 Å². The van der Waals surface area contributed by atoms with Crippen LogP contribution in [0.2, 0.25) is 0 Å². The zero-order valence-electron chi connectivity index (χ0n) is 15.7. The molecule has 1 saturated heterocycles. The Hall–Kier alpha value is -2.86. The average Bonchev–Trinajstić information content (AvgIpc) is 2.65. The number of aromatic carboxylic acids is 1. The van der Waals surface area contributed by atoms with Crippen molar-refractivity contribution in [3.05, 3.63) is 59.2 Å². The molecule has 142 valence electrons. The smallest absolute Gasteiger partial charge is 0.279 e. The number of nitrogens with one attached hydrogen (secondary N) is 2. The molecule has 0 aromatic heterocycles. The number of benzene rings is 2. The molecule has 0 spiro atoms. The van der Waals surface area contributed by atoms with Crippen molar-refractivity contribution < 1.29 is 19.6 Å². The van der Waals surface area contributed by atoms with Gasteiger partial charge in [-0.2, -0.15) is 0 Å². The van der Waals surface area contributed by atoms with Gasteiger partial charge in [-0.25, -0.2) is 0 Å².